The maximum Gasteiger partial charge on any atom is 0.332 e. The molecule has 30 nitrogen and oxygen atoms in total. The summed E-state index contributed by atoms with van der Waals surface area (Å²) in [6.07, 6.45) is 9.70. The number of nitrogens with one attached hydrogen (secondary N) is 6. The Kier molecular flexibility index (Phi) is 24.6. The van der Waals surface area contributed by atoms with Gasteiger partial charge in [0.05, 0.1) is 128 Å². The van der Waals surface area contributed by atoms with Gasteiger partial charge in [-0.3, -0.25) is 24.2 Å². The number of nitrogens with zero attached hydrogens (tertiary/aromatic N) is 11. The maximum atomic E-state index is 13.5. The van der Waals surface area contributed by atoms with Crippen LogP contribution in [0.4, 0.5) is 83.0 Å². The molecule has 9 amide bonds. The van der Waals surface area contributed by atoms with Gasteiger partial charge in [-0.15, -0.1) is 34.0 Å². The highest BCUT2D eigenvalue weighted by Gasteiger charge is 2.40. The van der Waals surface area contributed by atoms with E-state index in [1.165, 1.54) is 121 Å². The average Bonchev–Trinajstić information content (AvgIpc) is 1.64. The van der Waals surface area contributed by atoms with E-state index in [1.54, 1.807) is 36.4 Å². The van der Waals surface area contributed by atoms with Gasteiger partial charge in [-0.2, -0.15) is 0 Å². The zero-order chi connectivity index (χ0) is 82.9. The van der Waals surface area contributed by atoms with Gasteiger partial charge in [-0.1, -0.05) is 93.9 Å². The normalized spacial score (nSPS) is 15.6. The van der Waals surface area contributed by atoms with Crippen molar-refractivity contribution in [3.8, 4) is 28.7 Å². The number of thiophene rings is 3. The molecule has 6 aromatic carbocycles. The number of methoxy groups -OCH3 is 4. The Morgan fingerprint density at radius 3 is 1.19 bits per heavy atom. The number of carbonyl (C=O) groups excluding carboxylic acids is 6. The van der Waals surface area contributed by atoms with Crippen LogP contribution in [0.15, 0.2) is 122 Å². The molecule has 1 unspecified atom stereocenters. The molecule has 0 saturated carbocycles. The number of urea groups is 3. The Morgan fingerprint density at radius 2 is 0.815 bits per heavy atom. The number of halogens is 6. The predicted molar refractivity (Wildman–Crippen MR) is 464 cm³/mol. The Labute approximate surface area is 720 Å². The van der Waals surface area contributed by atoms with Crippen molar-refractivity contribution in [1.29, 1.82) is 0 Å². The first kappa shape index (κ1) is 82.0. The number of likely N-dealkylation sites (tertiary alicyclic amines) is 1. The third-order valence-corrected chi connectivity index (χ3v) is 25.1. The fourth-order valence-corrected chi connectivity index (χ4v) is 18.8. The molecular formula is C80H69Cl6N17O13S3. The van der Waals surface area contributed by atoms with Crippen molar-refractivity contribution in [3.05, 3.63) is 178 Å². The third kappa shape index (κ3) is 17.0. The fourth-order valence-electron chi connectivity index (χ4n) is 14.2. The zero-order valence-corrected chi connectivity index (χ0v) is 70.4. The summed E-state index contributed by atoms with van der Waals surface area (Å²) in [4.78, 5) is 118. The summed E-state index contributed by atoms with van der Waals surface area (Å²) in [5, 5.41) is 20.4. The van der Waals surface area contributed by atoms with Gasteiger partial charge < -0.3 is 65.1 Å². The first-order valence-corrected chi connectivity index (χ1v) is 41.8. The third-order valence-electron chi connectivity index (χ3n) is 20.0. The highest BCUT2D eigenvalue weighted by molar-refractivity contribution is 7.22. The molecule has 6 aliphatic heterocycles. The van der Waals surface area contributed by atoms with Crippen molar-refractivity contribution in [2.24, 2.45) is 0 Å². The fraction of sp³-hybridized carbons (Fsp3) is 0.250. The molecule has 12 heterocycles. The van der Waals surface area contributed by atoms with E-state index in [1.807, 2.05) is 48.5 Å². The van der Waals surface area contributed by atoms with E-state index in [0.29, 0.717) is 154 Å². The van der Waals surface area contributed by atoms with E-state index in [4.69, 9.17) is 103 Å². The molecule has 0 spiro atoms. The second kappa shape index (κ2) is 35.7. The van der Waals surface area contributed by atoms with Crippen molar-refractivity contribution < 1.29 is 61.9 Å². The van der Waals surface area contributed by atoms with Crippen LogP contribution in [0, 0.1) is 0 Å². The molecule has 119 heavy (non-hydrogen) atoms. The van der Waals surface area contributed by atoms with Gasteiger partial charge in [-0.25, -0.2) is 59.0 Å². The van der Waals surface area contributed by atoms with E-state index >= 15 is 0 Å². The van der Waals surface area contributed by atoms with Gasteiger partial charge in [0.2, 0.25) is 0 Å². The van der Waals surface area contributed by atoms with E-state index in [0.717, 1.165) is 95.3 Å². The van der Waals surface area contributed by atoms with Crippen LogP contribution in [0.3, 0.4) is 0 Å². The number of aromatic nitrogens is 6. The summed E-state index contributed by atoms with van der Waals surface area (Å²) in [5.41, 5.74) is 6.14. The summed E-state index contributed by atoms with van der Waals surface area (Å²) >= 11 is 41.4. The van der Waals surface area contributed by atoms with Crippen LogP contribution in [0.1, 0.15) is 72.2 Å². The number of rotatable bonds is 20. The highest BCUT2D eigenvalue weighted by atomic mass is 35.5. The van der Waals surface area contributed by atoms with Gasteiger partial charge in [0.15, 0.2) is 29.0 Å². The summed E-state index contributed by atoms with van der Waals surface area (Å²) in [6.45, 7) is 8.43. The van der Waals surface area contributed by atoms with Gasteiger partial charge in [0.1, 0.15) is 72.0 Å². The summed E-state index contributed by atoms with van der Waals surface area (Å²) in [7, 11) is 5.94. The minimum Gasteiger partial charge on any atom is -0.495 e. The molecule has 3 fully saturated rings. The monoisotopic (exact) mass is 1780 g/mol. The van der Waals surface area contributed by atoms with Crippen LogP contribution in [-0.4, -0.2) is 163 Å². The second-order valence-corrected chi connectivity index (χ2v) is 32.9. The molecule has 12 aromatic rings. The first-order valence-electron chi connectivity index (χ1n) is 37.0. The lowest BCUT2D eigenvalue weighted by Gasteiger charge is -2.28. The number of hydrogen-bond acceptors (Lipinski definition) is 24. The van der Waals surface area contributed by atoms with E-state index < -0.39 is 24.0 Å². The standard InChI is InChI=1S/C28H25Cl2N5O6S.C26H22Cl2N6O4S.C26H22Cl2N6O3S/c1-38-20-11-18(16(29)10-17(20)30)35-25-22-23(34-28(35)37)24(42-27(22)32-13-31-25)26(36)33-14-6-7-19(21(9-14)39-2)41-12-15-5-3-4-8-40-15;1-37-19-11-18(16(27)10-17(19)28)34-23-20-21(32-26(34)36)22(39-25(20)30-13-29-23)24(35)31-15-4-2-14(3-5-15)12-33-6-8-38-9-7-33;1-37-19-11-18(16(27)10-17(19)28)34-23-20-21(32-26(34)36)22(38-25(20)30-13-29-23)24(35)31-15-6-4-14(5-7-15)12-33-8-2-3-9-33/h6-7,9-11,13,15H,3-5,8,12H2,1-2H3,(H,33,36)(H,34,37);2-5,10-11,13H,6-9,12H2,1H3,(H,31,35)(H,32,36);4-7,10-11,13H,2-3,8-9,12H2,1H3,(H,31,35)(H,32,36). The Balaban J connectivity index is 0.000000133. The van der Waals surface area contributed by atoms with Crippen LogP contribution in [-0.2, 0) is 22.6 Å². The molecule has 612 valence electrons. The lowest BCUT2D eigenvalue weighted by molar-refractivity contribution is -0.0114. The lowest BCUT2D eigenvalue weighted by atomic mass is 10.1. The van der Waals surface area contributed by atoms with E-state index in [9.17, 15) is 28.8 Å². The van der Waals surface area contributed by atoms with Crippen LogP contribution in [0.2, 0.25) is 30.1 Å². The van der Waals surface area contributed by atoms with Crippen molar-refractivity contribution in [2.75, 3.05) is 128 Å². The summed E-state index contributed by atoms with van der Waals surface area (Å²) in [6, 6.07) is 28.2. The quantitative estimate of drug-likeness (QED) is 0.0413. The molecule has 6 aliphatic rings. The van der Waals surface area contributed by atoms with Crippen molar-refractivity contribution in [3.63, 3.8) is 0 Å². The maximum absolute atomic E-state index is 13.5. The Hall–Kier alpha value is -10.8. The number of ether oxygens (including phenoxy) is 7. The number of carbonyl (C=O) groups is 6. The molecule has 6 N–H and O–H groups in total. The van der Waals surface area contributed by atoms with Crippen LogP contribution >= 0.6 is 104 Å². The topological polar surface area (TPSA) is 333 Å². The first-order chi connectivity index (χ1) is 57.7. The van der Waals surface area contributed by atoms with Crippen molar-refractivity contribution in [1.82, 2.24) is 39.7 Å². The van der Waals surface area contributed by atoms with Crippen LogP contribution < -0.4 is 70.3 Å². The van der Waals surface area contributed by atoms with Gasteiger partial charge in [0, 0.05) is 74.1 Å². The molecule has 39 heteroatoms. The Bertz CT molecular complexity index is 5990. The predicted octanol–water partition coefficient (Wildman–Crippen LogP) is 19.2. The second-order valence-electron chi connectivity index (χ2n) is 27.5. The number of hydrogen-bond donors (Lipinski definition) is 6. The lowest BCUT2D eigenvalue weighted by Crippen LogP contribution is -2.35. The SMILES string of the molecule is COc1cc(N2C(=O)Nc3c(C(=O)Nc4ccc(CN5CCCC5)cc4)sc4ncnc2c34)c(Cl)cc1Cl.COc1cc(N2C(=O)Nc3c(C(=O)Nc4ccc(CN5CCOCC5)cc4)sc4ncnc2c34)c(Cl)cc1Cl.COc1cc(N2C(=O)Nc3c(C(=O)Nc4ccc(OCC5CCCCO5)c(OC)c4)sc4ncnc2c34)c(Cl)cc1Cl. The molecule has 18 rings (SSSR count). The summed E-state index contributed by atoms with van der Waals surface area (Å²) in [5.74, 6) is 1.78. The number of amides is 9. The minimum absolute atomic E-state index is 0.0460. The van der Waals surface area contributed by atoms with Crippen molar-refractivity contribution in [2.45, 2.75) is 51.3 Å². The average molecular weight is 1790 g/mol. The number of morpholine rings is 1. The van der Waals surface area contributed by atoms with Gasteiger partial charge in [-0.05, 0) is 111 Å². The summed E-state index contributed by atoms with van der Waals surface area (Å²) < 4.78 is 38.5. The Morgan fingerprint density at radius 1 is 0.437 bits per heavy atom. The molecule has 0 radical (unpaired) electrons. The van der Waals surface area contributed by atoms with E-state index in [2.05, 4.69) is 71.6 Å². The van der Waals surface area contributed by atoms with Crippen LogP contribution in [0.5, 0.6) is 28.7 Å². The molecule has 6 aromatic heterocycles. The smallest absolute Gasteiger partial charge is 0.332 e. The largest absolute Gasteiger partial charge is 0.495 e. The highest BCUT2D eigenvalue weighted by Crippen LogP contribution is 2.52. The molecule has 1 atom stereocenters. The molecule has 0 bridgehead atoms. The molecule has 0 aliphatic carbocycles. The molecular weight excluding hydrogens is 1720 g/mol. The van der Waals surface area contributed by atoms with Crippen molar-refractivity contribution >= 4 is 239 Å². The minimum atomic E-state index is -0.564. The van der Waals surface area contributed by atoms with Gasteiger partial charge in [0.25, 0.3) is 17.7 Å². The van der Waals surface area contributed by atoms with Crippen LogP contribution in [0.25, 0.3) is 30.6 Å². The van der Waals surface area contributed by atoms with E-state index in [-0.39, 0.29) is 43.7 Å². The molecule has 3 saturated heterocycles. The van der Waals surface area contributed by atoms with Gasteiger partial charge >= 0.3 is 18.1 Å². The zero-order valence-electron chi connectivity index (χ0n) is 63.5. The number of anilines is 12. The number of benzene rings is 6.